The van der Waals surface area contributed by atoms with E-state index in [1.54, 1.807) is 21.3 Å². The van der Waals surface area contributed by atoms with Gasteiger partial charge in [-0.1, -0.05) is 84.5 Å². The lowest BCUT2D eigenvalue weighted by atomic mass is 9.91. The van der Waals surface area contributed by atoms with Gasteiger partial charge in [0.2, 0.25) is 0 Å². The molecule has 1 atom stereocenters. The summed E-state index contributed by atoms with van der Waals surface area (Å²) in [7, 11) is 5.09. The summed E-state index contributed by atoms with van der Waals surface area (Å²) in [6, 6.07) is 0. The minimum atomic E-state index is -0.889. The fourth-order valence-corrected chi connectivity index (χ4v) is 3.97. The van der Waals surface area contributed by atoms with Gasteiger partial charge in [-0.05, 0) is 25.7 Å². The number of methoxy groups -OCH3 is 3. The lowest BCUT2D eigenvalue weighted by molar-refractivity contribution is -0.380. The van der Waals surface area contributed by atoms with Gasteiger partial charge in [0.1, 0.15) is 0 Å². The molecule has 0 N–H and O–H groups in total. The van der Waals surface area contributed by atoms with E-state index in [-0.39, 0.29) is 0 Å². The Bertz CT molecular complexity index is 297. The van der Waals surface area contributed by atoms with Gasteiger partial charge >= 0.3 is 0 Å². The van der Waals surface area contributed by atoms with E-state index in [0.29, 0.717) is 5.92 Å². The van der Waals surface area contributed by atoms with Crippen LogP contribution in [0.2, 0.25) is 0 Å². The van der Waals surface area contributed by atoms with Crippen molar-refractivity contribution in [3.63, 3.8) is 0 Å². The summed E-state index contributed by atoms with van der Waals surface area (Å²) >= 11 is 0. The molecule has 0 aliphatic carbocycles. The van der Waals surface area contributed by atoms with Crippen LogP contribution in [0.15, 0.2) is 0 Å². The highest BCUT2D eigenvalue weighted by Gasteiger charge is 2.39. The van der Waals surface area contributed by atoms with Crippen molar-refractivity contribution in [1.82, 2.24) is 0 Å². The summed E-state index contributed by atoms with van der Waals surface area (Å²) in [6.45, 7) is 6.25. The first-order valence-corrected chi connectivity index (χ1v) is 11.9. The maximum absolute atomic E-state index is 5.68. The first-order valence-electron chi connectivity index (χ1n) is 11.9. The van der Waals surface area contributed by atoms with E-state index in [9.17, 15) is 0 Å². The molecule has 0 spiro atoms. The Hall–Kier alpha value is -0.160. The predicted octanol–water partition coefficient (Wildman–Crippen LogP) is 7.10. The van der Waals surface area contributed by atoms with E-state index in [4.69, 9.17) is 18.9 Å². The molecule has 0 saturated heterocycles. The van der Waals surface area contributed by atoms with Gasteiger partial charge in [-0.2, -0.15) is 0 Å². The molecule has 0 radical (unpaired) electrons. The average molecular weight is 403 g/mol. The topological polar surface area (TPSA) is 36.9 Å². The third-order valence-electron chi connectivity index (χ3n) is 5.70. The van der Waals surface area contributed by atoms with Gasteiger partial charge < -0.3 is 18.9 Å². The SMILES string of the molecule is CCCCCCCCC(CCCCCCCCOCCC)C(OC)(OC)OC. The lowest BCUT2D eigenvalue weighted by Gasteiger charge is -2.36. The fraction of sp³-hybridized carbons (Fsp3) is 1.00. The summed E-state index contributed by atoms with van der Waals surface area (Å²) < 4.78 is 22.6. The second-order valence-corrected chi connectivity index (χ2v) is 7.99. The smallest absolute Gasteiger partial charge is 0.285 e. The molecule has 1 unspecified atom stereocenters. The Kier molecular flexibility index (Phi) is 20.0. The van der Waals surface area contributed by atoms with Crippen molar-refractivity contribution >= 4 is 0 Å². The maximum atomic E-state index is 5.68. The largest absolute Gasteiger partial charge is 0.381 e. The average Bonchev–Trinajstić information content (AvgIpc) is 2.72. The number of ether oxygens (including phenoxy) is 4. The molecule has 0 aromatic rings. The van der Waals surface area contributed by atoms with Crippen LogP contribution in [-0.2, 0) is 18.9 Å². The van der Waals surface area contributed by atoms with Gasteiger partial charge in [0.05, 0.1) is 0 Å². The van der Waals surface area contributed by atoms with Gasteiger partial charge in [0.15, 0.2) is 0 Å². The highest BCUT2D eigenvalue weighted by Crippen LogP contribution is 2.33. The molecule has 28 heavy (non-hydrogen) atoms. The van der Waals surface area contributed by atoms with E-state index in [1.165, 1.54) is 77.0 Å². The first-order chi connectivity index (χ1) is 13.7. The number of rotatable bonds is 22. The van der Waals surface area contributed by atoms with Crippen LogP contribution in [0.3, 0.4) is 0 Å². The Labute approximate surface area is 176 Å². The molecule has 0 amide bonds. The van der Waals surface area contributed by atoms with Crippen LogP contribution >= 0.6 is 0 Å². The minimum absolute atomic E-state index is 0.293. The van der Waals surface area contributed by atoms with Crippen molar-refractivity contribution in [1.29, 1.82) is 0 Å². The van der Waals surface area contributed by atoms with E-state index < -0.39 is 5.97 Å². The standard InChI is InChI=1S/C24H50O4/c1-6-8-9-10-13-16-19-23(24(25-3,26-4)27-5)20-17-14-11-12-15-18-22-28-21-7-2/h23H,6-22H2,1-5H3. The summed E-state index contributed by atoms with van der Waals surface area (Å²) in [5.74, 6) is -0.596. The molecule has 0 saturated carbocycles. The Morgan fingerprint density at radius 3 is 1.46 bits per heavy atom. The fourth-order valence-electron chi connectivity index (χ4n) is 3.97. The van der Waals surface area contributed by atoms with Gasteiger partial charge in [0, 0.05) is 40.5 Å². The molecular formula is C24H50O4. The molecule has 4 nitrogen and oxygen atoms in total. The zero-order valence-corrected chi connectivity index (χ0v) is 19.7. The quantitative estimate of drug-likeness (QED) is 0.143. The van der Waals surface area contributed by atoms with Crippen molar-refractivity contribution in [3.8, 4) is 0 Å². The van der Waals surface area contributed by atoms with Crippen molar-refractivity contribution < 1.29 is 18.9 Å². The molecular weight excluding hydrogens is 352 g/mol. The van der Waals surface area contributed by atoms with Crippen LogP contribution in [0.4, 0.5) is 0 Å². The number of hydrogen-bond donors (Lipinski definition) is 0. The Morgan fingerprint density at radius 2 is 1.00 bits per heavy atom. The van der Waals surface area contributed by atoms with Crippen LogP contribution in [0, 0.1) is 5.92 Å². The van der Waals surface area contributed by atoms with Crippen LogP contribution in [-0.4, -0.2) is 40.5 Å². The highest BCUT2D eigenvalue weighted by molar-refractivity contribution is 4.71. The van der Waals surface area contributed by atoms with E-state index >= 15 is 0 Å². The molecule has 0 aromatic heterocycles. The Morgan fingerprint density at radius 1 is 0.536 bits per heavy atom. The Balaban J connectivity index is 4.10. The summed E-state index contributed by atoms with van der Waals surface area (Å²) in [5, 5.41) is 0. The summed E-state index contributed by atoms with van der Waals surface area (Å²) in [4.78, 5) is 0. The predicted molar refractivity (Wildman–Crippen MR) is 119 cm³/mol. The molecule has 170 valence electrons. The van der Waals surface area contributed by atoms with Crippen molar-refractivity contribution in [3.05, 3.63) is 0 Å². The zero-order valence-electron chi connectivity index (χ0n) is 19.7. The van der Waals surface area contributed by atoms with Crippen molar-refractivity contribution in [2.75, 3.05) is 34.5 Å². The summed E-state index contributed by atoms with van der Waals surface area (Å²) in [5.41, 5.74) is 0. The van der Waals surface area contributed by atoms with Crippen LogP contribution in [0.5, 0.6) is 0 Å². The molecule has 0 heterocycles. The molecule has 0 aromatic carbocycles. The molecule has 0 aliphatic heterocycles. The van der Waals surface area contributed by atoms with Crippen LogP contribution < -0.4 is 0 Å². The molecule has 4 heteroatoms. The van der Waals surface area contributed by atoms with E-state index in [0.717, 1.165) is 32.5 Å². The van der Waals surface area contributed by atoms with Crippen molar-refractivity contribution in [2.45, 2.75) is 116 Å². The van der Waals surface area contributed by atoms with E-state index in [1.807, 2.05) is 0 Å². The normalized spacial score (nSPS) is 13.2. The molecule has 0 rings (SSSR count). The van der Waals surface area contributed by atoms with Crippen molar-refractivity contribution in [2.24, 2.45) is 5.92 Å². The maximum Gasteiger partial charge on any atom is 0.285 e. The van der Waals surface area contributed by atoms with Crippen LogP contribution in [0.25, 0.3) is 0 Å². The first kappa shape index (κ1) is 27.8. The van der Waals surface area contributed by atoms with Gasteiger partial charge in [-0.15, -0.1) is 0 Å². The number of unbranched alkanes of at least 4 members (excludes halogenated alkanes) is 10. The second-order valence-electron chi connectivity index (χ2n) is 7.99. The monoisotopic (exact) mass is 402 g/mol. The lowest BCUT2D eigenvalue weighted by Crippen LogP contribution is -2.44. The summed E-state index contributed by atoms with van der Waals surface area (Å²) in [6.07, 6.45) is 18.8. The third-order valence-corrected chi connectivity index (χ3v) is 5.70. The second kappa shape index (κ2) is 20.1. The van der Waals surface area contributed by atoms with E-state index in [2.05, 4.69) is 13.8 Å². The van der Waals surface area contributed by atoms with Gasteiger partial charge in [-0.25, -0.2) is 0 Å². The third kappa shape index (κ3) is 13.1. The molecule has 0 aliphatic rings. The van der Waals surface area contributed by atoms with Gasteiger partial charge in [-0.3, -0.25) is 0 Å². The minimum Gasteiger partial charge on any atom is -0.381 e. The number of hydrogen-bond acceptors (Lipinski definition) is 4. The molecule has 0 fully saturated rings. The zero-order chi connectivity index (χ0) is 20.9. The van der Waals surface area contributed by atoms with Gasteiger partial charge in [0.25, 0.3) is 5.97 Å². The molecule has 0 bridgehead atoms. The van der Waals surface area contributed by atoms with Crippen LogP contribution in [0.1, 0.15) is 110 Å². The highest BCUT2D eigenvalue weighted by atomic mass is 16.9.